The summed E-state index contributed by atoms with van der Waals surface area (Å²) in [6.45, 7) is 2.90. The first kappa shape index (κ1) is 18.7. The first-order valence-corrected chi connectivity index (χ1v) is 10.4. The van der Waals surface area contributed by atoms with Crippen LogP contribution in [0.15, 0.2) is 59.5 Å². The second-order valence-corrected chi connectivity index (χ2v) is 8.34. The highest BCUT2D eigenvalue weighted by Crippen LogP contribution is 2.21. The molecule has 0 saturated carbocycles. The molecular weight excluding hydrogens is 344 g/mol. The highest BCUT2D eigenvalue weighted by atomic mass is 32.2. The van der Waals surface area contributed by atoms with Gasteiger partial charge in [0.15, 0.2) is 0 Å². The van der Waals surface area contributed by atoms with Crippen LogP contribution in [-0.2, 0) is 16.4 Å². The van der Waals surface area contributed by atoms with E-state index < -0.39 is 10.0 Å². The maximum Gasteiger partial charge on any atom is 0.238 e. The number of sulfonamides is 1. The highest BCUT2D eigenvalue weighted by Gasteiger charge is 2.18. The van der Waals surface area contributed by atoms with Gasteiger partial charge in [-0.15, -0.1) is 0 Å². The van der Waals surface area contributed by atoms with Crippen molar-refractivity contribution < 1.29 is 8.42 Å². The third-order valence-corrected chi connectivity index (χ3v) is 5.72. The van der Waals surface area contributed by atoms with Crippen LogP contribution in [0.25, 0.3) is 0 Å². The van der Waals surface area contributed by atoms with Gasteiger partial charge < -0.3 is 0 Å². The summed E-state index contributed by atoms with van der Waals surface area (Å²) in [5.41, 5.74) is 2.23. The van der Waals surface area contributed by atoms with Gasteiger partial charge in [-0.25, -0.2) is 13.6 Å². The number of hydrogen-bond donors (Lipinski definition) is 1. The van der Waals surface area contributed by atoms with E-state index in [9.17, 15) is 8.42 Å². The molecule has 26 heavy (non-hydrogen) atoms. The zero-order valence-electron chi connectivity index (χ0n) is 14.8. The number of nitrogens with two attached hydrogens (primary N) is 1. The van der Waals surface area contributed by atoms with Crippen molar-refractivity contribution in [2.45, 2.75) is 24.2 Å². The molecule has 1 saturated heterocycles. The molecule has 136 valence electrons. The molecule has 2 aromatic carbocycles. The molecule has 0 radical (unpaired) electrons. The first-order chi connectivity index (χ1) is 12.5. The quantitative estimate of drug-likeness (QED) is 0.844. The molecule has 0 bridgehead atoms. The Labute approximate surface area is 156 Å². The van der Waals surface area contributed by atoms with Gasteiger partial charge in [0.25, 0.3) is 0 Å². The van der Waals surface area contributed by atoms with Crippen molar-refractivity contribution in [1.29, 1.82) is 0 Å². The molecule has 3 rings (SSSR count). The van der Waals surface area contributed by atoms with E-state index in [-0.39, 0.29) is 4.90 Å². The zero-order chi connectivity index (χ0) is 18.4. The molecule has 2 N–H and O–H groups in total. The van der Waals surface area contributed by atoms with Gasteiger partial charge in [-0.2, -0.15) is 0 Å². The molecular formula is C21H24N2O2S. The molecule has 1 fully saturated rings. The first-order valence-electron chi connectivity index (χ1n) is 8.89. The Morgan fingerprint density at radius 2 is 1.65 bits per heavy atom. The summed E-state index contributed by atoms with van der Waals surface area (Å²) in [6, 6.07) is 17.1. The van der Waals surface area contributed by atoms with Crippen molar-refractivity contribution in [2.24, 2.45) is 11.1 Å². The van der Waals surface area contributed by atoms with Crippen LogP contribution >= 0.6 is 0 Å². The Kier molecular flexibility index (Phi) is 6.10. The summed E-state index contributed by atoms with van der Waals surface area (Å²) in [5, 5.41) is 5.09. The predicted molar refractivity (Wildman–Crippen MR) is 104 cm³/mol. The van der Waals surface area contributed by atoms with Gasteiger partial charge in [0.2, 0.25) is 10.0 Å². The Bertz CT molecular complexity index is 873. The van der Waals surface area contributed by atoms with Crippen LogP contribution in [0.3, 0.4) is 0 Å². The van der Waals surface area contributed by atoms with Crippen molar-refractivity contribution in [3.63, 3.8) is 0 Å². The summed E-state index contributed by atoms with van der Waals surface area (Å²) in [4.78, 5) is 2.50. The van der Waals surface area contributed by atoms with E-state index in [1.54, 1.807) is 12.1 Å². The second-order valence-electron chi connectivity index (χ2n) is 6.78. The lowest BCUT2D eigenvalue weighted by Gasteiger charge is -2.30. The molecule has 5 heteroatoms. The van der Waals surface area contributed by atoms with Gasteiger partial charge in [-0.05, 0) is 68.1 Å². The Morgan fingerprint density at radius 1 is 1.00 bits per heavy atom. The average molecular weight is 369 g/mol. The topological polar surface area (TPSA) is 63.4 Å². The summed E-state index contributed by atoms with van der Waals surface area (Å²) in [5.74, 6) is 7.04. The van der Waals surface area contributed by atoms with Crippen molar-refractivity contribution in [1.82, 2.24) is 4.90 Å². The molecule has 0 amide bonds. The van der Waals surface area contributed by atoms with E-state index >= 15 is 0 Å². The van der Waals surface area contributed by atoms with Crippen LogP contribution < -0.4 is 5.14 Å². The molecule has 0 aliphatic carbocycles. The highest BCUT2D eigenvalue weighted by molar-refractivity contribution is 7.89. The van der Waals surface area contributed by atoms with Crippen LogP contribution in [0.1, 0.15) is 24.0 Å². The van der Waals surface area contributed by atoms with E-state index in [0.717, 1.165) is 37.5 Å². The molecule has 4 nitrogen and oxygen atoms in total. The average Bonchev–Trinajstić information content (AvgIpc) is 2.64. The van der Waals surface area contributed by atoms with Crippen LogP contribution in [0.4, 0.5) is 0 Å². The van der Waals surface area contributed by atoms with E-state index in [4.69, 9.17) is 5.14 Å². The lowest BCUT2D eigenvalue weighted by atomic mass is 9.90. The zero-order valence-corrected chi connectivity index (χ0v) is 15.6. The number of rotatable bonds is 4. The Morgan fingerprint density at radius 3 is 2.27 bits per heavy atom. The van der Waals surface area contributed by atoms with Crippen molar-refractivity contribution in [3.8, 4) is 11.8 Å². The van der Waals surface area contributed by atoms with Gasteiger partial charge >= 0.3 is 0 Å². The van der Waals surface area contributed by atoms with E-state index in [0.29, 0.717) is 0 Å². The monoisotopic (exact) mass is 368 g/mol. The predicted octanol–water partition coefficient (Wildman–Crippen LogP) is 2.64. The van der Waals surface area contributed by atoms with Crippen molar-refractivity contribution >= 4 is 10.0 Å². The molecule has 2 aromatic rings. The second kappa shape index (κ2) is 8.50. The summed E-state index contributed by atoms with van der Waals surface area (Å²) in [7, 11) is -3.64. The minimum Gasteiger partial charge on any atom is -0.292 e. The third kappa shape index (κ3) is 5.43. The minimum absolute atomic E-state index is 0.114. The van der Waals surface area contributed by atoms with Gasteiger partial charge in [-0.1, -0.05) is 42.2 Å². The van der Waals surface area contributed by atoms with E-state index in [2.05, 4.69) is 47.1 Å². The minimum atomic E-state index is -3.64. The van der Waals surface area contributed by atoms with E-state index in [1.165, 1.54) is 30.5 Å². The fourth-order valence-corrected chi connectivity index (χ4v) is 3.79. The molecule has 1 heterocycles. The van der Waals surface area contributed by atoms with Crippen molar-refractivity contribution in [3.05, 3.63) is 65.7 Å². The van der Waals surface area contributed by atoms with Gasteiger partial charge in [0.05, 0.1) is 11.4 Å². The fourth-order valence-electron chi connectivity index (χ4n) is 3.28. The van der Waals surface area contributed by atoms with Gasteiger partial charge in [0, 0.05) is 5.56 Å². The summed E-state index contributed by atoms with van der Waals surface area (Å²) < 4.78 is 22.5. The summed E-state index contributed by atoms with van der Waals surface area (Å²) in [6.07, 6.45) is 3.58. The fraction of sp³-hybridized carbons (Fsp3) is 0.333. The lowest BCUT2D eigenvalue weighted by Crippen LogP contribution is -2.34. The Balaban J connectivity index is 1.46. The van der Waals surface area contributed by atoms with Gasteiger partial charge in [-0.3, -0.25) is 4.90 Å². The number of likely N-dealkylation sites (tertiary alicyclic amines) is 1. The molecule has 0 spiro atoms. The molecule has 0 aromatic heterocycles. The maximum absolute atomic E-state index is 11.2. The molecule has 0 atom stereocenters. The lowest BCUT2D eigenvalue weighted by molar-refractivity contribution is 0.203. The number of primary sulfonamides is 1. The number of piperidine rings is 1. The molecule has 1 aliphatic heterocycles. The number of benzene rings is 2. The number of nitrogens with zero attached hydrogens (tertiary/aromatic N) is 1. The number of hydrogen-bond acceptors (Lipinski definition) is 3. The molecule has 0 unspecified atom stereocenters. The summed E-state index contributed by atoms with van der Waals surface area (Å²) >= 11 is 0. The SMILES string of the molecule is NS(=O)(=O)c1ccc(C#CCN2CCC(Cc3ccccc3)CC2)cc1. The standard InChI is InChI=1S/C21H24N2O2S/c22-26(24,25)21-10-8-18(9-11-21)7-4-14-23-15-12-20(13-16-23)17-19-5-2-1-3-6-19/h1-3,5-6,8-11,20H,12-17H2,(H2,22,24,25). The maximum atomic E-state index is 11.2. The Hall–Kier alpha value is -2.13. The van der Waals surface area contributed by atoms with Crippen molar-refractivity contribution in [2.75, 3.05) is 19.6 Å². The third-order valence-electron chi connectivity index (χ3n) is 4.79. The normalized spacial score (nSPS) is 16.0. The van der Waals surface area contributed by atoms with Crippen LogP contribution in [0.5, 0.6) is 0 Å². The van der Waals surface area contributed by atoms with E-state index in [1.807, 2.05) is 0 Å². The van der Waals surface area contributed by atoms with Crippen LogP contribution in [0.2, 0.25) is 0 Å². The largest absolute Gasteiger partial charge is 0.292 e. The van der Waals surface area contributed by atoms with Crippen LogP contribution in [0, 0.1) is 17.8 Å². The smallest absolute Gasteiger partial charge is 0.238 e. The van der Waals surface area contributed by atoms with Crippen LogP contribution in [-0.4, -0.2) is 33.0 Å². The molecule has 1 aliphatic rings. The van der Waals surface area contributed by atoms with Gasteiger partial charge in [0.1, 0.15) is 0 Å².